The predicted octanol–water partition coefficient (Wildman–Crippen LogP) is 2.49. The predicted molar refractivity (Wildman–Crippen MR) is 248 cm³/mol. The van der Waals surface area contributed by atoms with Gasteiger partial charge in [-0.15, -0.1) is 0 Å². The van der Waals surface area contributed by atoms with E-state index >= 15 is 0 Å². The van der Waals surface area contributed by atoms with Gasteiger partial charge in [-0.2, -0.15) is 5.26 Å². The Balaban J connectivity index is 0.944. The Kier molecular flexibility index (Phi) is 17.9. The lowest BCUT2D eigenvalue weighted by Gasteiger charge is -2.36. The van der Waals surface area contributed by atoms with Crippen molar-refractivity contribution < 1.29 is 47.7 Å². The third-order valence-corrected chi connectivity index (χ3v) is 12.5. The lowest BCUT2D eigenvalue weighted by Crippen LogP contribution is -2.53. The summed E-state index contributed by atoms with van der Waals surface area (Å²) >= 11 is 5.78. The highest BCUT2D eigenvalue weighted by Crippen LogP contribution is 2.30. The average molecular weight is 949 g/mol. The zero-order valence-electron chi connectivity index (χ0n) is 37.6. The van der Waals surface area contributed by atoms with Crippen LogP contribution in [0.5, 0.6) is 5.75 Å². The van der Waals surface area contributed by atoms with Crippen LogP contribution in [-0.2, 0) is 25.6 Å². The molecule has 0 saturated carbocycles. The standard InChI is InChI=1S/C46H58F2N10O8S/c1-32(59)27-54-14-15-55(29-42(61)62)28-36(57(21-18-54)30-43(63)64)23-33-3-5-34(6-4-33)52-45(67)56-19-16-53(17-20-56)13-2-22-66-37-7-8-40-39(24-37)38(10-12-50-40)44(65)51-26-41(60)58-31-46(47,48)11-9-35(58)25-49/h3-8,10,12,24,35-36H,2,9,11,13-23,26-31H2,1H3,(H,51,65)(H,52,67)(H,61,62)(H,63,64)/t35-,36-/m0/s1. The van der Waals surface area contributed by atoms with Gasteiger partial charge in [0.25, 0.3) is 11.8 Å². The smallest absolute Gasteiger partial charge is 0.317 e. The number of likely N-dealkylation sites (tertiary alicyclic amines) is 1. The maximum atomic E-state index is 14.0. The molecule has 2 aromatic carbocycles. The summed E-state index contributed by atoms with van der Waals surface area (Å²) < 4.78 is 34.1. The van der Waals surface area contributed by atoms with E-state index in [0.29, 0.717) is 67.5 Å². The summed E-state index contributed by atoms with van der Waals surface area (Å²) in [6.07, 6.45) is 2.09. The van der Waals surface area contributed by atoms with Crippen LogP contribution >= 0.6 is 12.2 Å². The van der Waals surface area contributed by atoms with Crippen LogP contribution in [0, 0.1) is 11.3 Å². The molecule has 67 heavy (non-hydrogen) atoms. The topological polar surface area (TPSA) is 215 Å². The molecular formula is C46H58F2N10O8S. The zero-order valence-corrected chi connectivity index (χ0v) is 38.4. The van der Waals surface area contributed by atoms with Gasteiger partial charge in [-0.3, -0.25) is 48.6 Å². The summed E-state index contributed by atoms with van der Waals surface area (Å²) in [7, 11) is 0. The molecule has 0 radical (unpaired) electrons. The van der Waals surface area contributed by atoms with E-state index < -0.39 is 55.2 Å². The van der Waals surface area contributed by atoms with Crippen LogP contribution in [0.4, 0.5) is 14.5 Å². The number of nitrogens with one attached hydrogen (secondary N) is 2. The molecule has 3 fully saturated rings. The highest BCUT2D eigenvalue weighted by molar-refractivity contribution is 7.80. The number of hydrogen-bond donors (Lipinski definition) is 4. The molecule has 360 valence electrons. The number of piperidine rings is 1. The monoisotopic (exact) mass is 948 g/mol. The molecule has 4 heterocycles. The first-order chi connectivity index (χ1) is 32.0. The Hall–Kier alpha value is -5.92. The second-order valence-electron chi connectivity index (χ2n) is 17.3. The highest BCUT2D eigenvalue weighted by Gasteiger charge is 2.42. The third-order valence-electron chi connectivity index (χ3n) is 12.2. The number of ether oxygens (including phenoxy) is 1. The number of carboxylic acid groups (broad SMARTS) is 2. The van der Waals surface area contributed by atoms with E-state index in [9.17, 15) is 48.2 Å². The number of aromatic nitrogens is 1. The number of carbonyl (C=O) groups excluding carboxylic acids is 3. The Morgan fingerprint density at radius 3 is 2.31 bits per heavy atom. The second kappa shape index (κ2) is 23.7. The fourth-order valence-electron chi connectivity index (χ4n) is 8.69. The molecule has 0 aliphatic carbocycles. The number of Topliss-reactive ketones (excluding diaryl/α,β-unsaturated/α-hetero) is 1. The molecule has 0 unspecified atom stereocenters. The first kappa shape index (κ1) is 50.5. The molecule has 18 nitrogen and oxygen atoms in total. The van der Waals surface area contributed by atoms with E-state index in [0.717, 1.165) is 55.3 Å². The van der Waals surface area contributed by atoms with Crippen molar-refractivity contribution in [2.24, 2.45) is 0 Å². The minimum Gasteiger partial charge on any atom is -0.494 e. The van der Waals surface area contributed by atoms with Gasteiger partial charge in [-0.05, 0) is 80.4 Å². The fraction of sp³-hybridized carbons (Fsp3) is 0.522. The molecule has 6 rings (SSSR count). The molecule has 1 aromatic heterocycles. The van der Waals surface area contributed by atoms with Crippen LogP contribution in [0.25, 0.3) is 10.9 Å². The van der Waals surface area contributed by atoms with Gasteiger partial charge in [0.2, 0.25) is 5.91 Å². The summed E-state index contributed by atoms with van der Waals surface area (Å²) in [5.41, 5.74) is 2.54. The van der Waals surface area contributed by atoms with Crippen molar-refractivity contribution in [3.63, 3.8) is 0 Å². The van der Waals surface area contributed by atoms with E-state index in [1.807, 2.05) is 45.0 Å². The summed E-state index contributed by atoms with van der Waals surface area (Å²) in [5, 5.41) is 35.7. The van der Waals surface area contributed by atoms with Crippen LogP contribution in [0.3, 0.4) is 0 Å². The molecule has 4 N–H and O–H groups in total. The summed E-state index contributed by atoms with van der Waals surface area (Å²) in [5.74, 6) is -5.87. The SMILES string of the molecule is CC(=O)CN1CCN(CC(=O)O)C[C@H](Cc2ccc(NC(=S)N3CCN(CCCOc4ccc5nccc(C(=O)NCC(=O)N6CC(F)(F)CC[C@H]6C#N)c5c4)CC3)cc2)N(CC(=O)O)CC1. The molecule has 2 atom stereocenters. The summed E-state index contributed by atoms with van der Waals surface area (Å²) in [6, 6.07) is 15.1. The van der Waals surface area contributed by atoms with Crippen LogP contribution in [0.1, 0.15) is 42.1 Å². The number of rotatable bonds is 17. The first-order valence-electron chi connectivity index (χ1n) is 22.4. The van der Waals surface area contributed by atoms with E-state index in [1.165, 1.54) is 19.2 Å². The van der Waals surface area contributed by atoms with Gasteiger partial charge in [0, 0.05) is 95.2 Å². The van der Waals surface area contributed by atoms with Crippen LogP contribution in [-0.4, -0.2) is 202 Å². The zero-order chi connectivity index (χ0) is 48.1. The van der Waals surface area contributed by atoms with Crippen molar-refractivity contribution in [3.05, 3.63) is 65.9 Å². The van der Waals surface area contributed by atoms with E-state index in [1.54, 1.807) is 18.2 Å². The number of aliphatic carboxylic acids is 2. The number of ketones is 1. The molecule has 3 saturated heterocycles. The molecule has 3 aliphatic heterocycles. The van der Waals surface area contributed by atoms with Gasteiger partial charge < -0.3 is 35.4 Å². The van der Waals surface area contributed by atoms with Crippen molar-refractivity contribution in [2.45, 2.75) is 50.6 Å². The van der Waals surface area contributed by atoms with Crippen molar-refractivity contribution in [2.75, 3.05) is 110 Å². The van der Waals surface area contributed by atoms with Gasteiger partial charge in [0.15, 0.2) is 5.11 Å². The van der Waals surface area contributed by atoms with Crippen molar-refractivity contribution in [1.82, 2.24) is 39.7 Å². The minimum atomic E-state index is -3.09. The maximum absolute atomic E-state index is 14.0. The average Bonchev–Trinajstić information content (AvgIpc) is 3.35. The number of thiocarbonyl (C=S) groups is 1. The number of carboxylic acids is 2. The first-order valence-corrected chi connectivity index (χ1v) is 22.8. The summed E-state index contributed by atoms with van der Waals surface area (Å²) in [6.45, 7) is 6.36. The number of nitrogens with zero attached hydrogens (tertiary/aromatic N) is 8. The number of piperazine rings is 1. The van der Waals surface area contributed by atoms with Gasteiger partial charge >= 0.3 is 11.9 Å². The maximum Gasteiger partial charge on any atom is 0.317 e. The number of carbonyl (C=O) groups is 5. The number of benzene rings is 2. The van der Waals surface area contributed by atoms with Gasteiger partial charge in [0.1, 0.15) is 17.6 Å². The quantitative estimate of drug-likeness (QED) is 0.113. The largest absolute Gasteiger partial charge is 0.494 e. The number of nitriles is 1. The van der Waals surface area contributed by atoms with Crippen molar-refractivity contribution >= 4 is 63.5 Å². The van der Waals surface area contributed by atoms with Gasteiger partial charge in [-0.25, -0.2) is 8.78 Å². The van der Waals surface area contributed by atoms with Gasteiger partial charge in [0.05, 0.1) is 56.5 Å². The number of hydrogen-bond acceptors (Lipinski definition) is 13. The van der Waals surface area contributed by atoms with Crippen LogP contribution in [0.15, 0.2) is 54.7 Å². The van der Waals surface area contributed by atoms with E-state index in [4.69, 9.17) is 17.0 Å². The molecule has 3 aromatic rings. The normalized spacial score (nSPS) is 19.9. The van der Waals surface area contributed by atoms with E-state index in [-0.39, 0.29) is 43.4 Å². The Bertz CT molecular complexity index is 2290. The molecule has 0 bridgehead atoms. The van der Waals surface area contributed by atoms with Gasteiger partial charge in [-0.1, -0.05) is 12.1 Å². The van der Waals surface area contributed by atoms with Crippen molar-refractivity contribution in [3.8, 4) is 11.8 Å². The number of fused-ring (bicyclic) bond motifs is 1. The number of amides is 2. The summed E-state index contributed by atoms with van der Waals surface area (Å²) in [4.78, 5) is 76.8. The number of alkyl halides is 2. The third kappa shape index (κ3) is 15.0. The fourth-order valence-corrected chi connectivity index (χ4v) is 8.99. The second-order valence-corrected chi connectivity index (χ2v) is 17.7. The molecule has 3 aliphatic rings. The Morgan fingerprint density at radius 2 is 1.61 bits per heavy atom. The number of halogens is 2. The van der Waals surface area contributed by atoms with Crippen LogP contribution < -0.4 is 15.4 Å². The lowest BCUT2D eigenvalue weighted by atomic mass is 10.00. The highest BCUT2D eigenvalue weighted by atomic mass is 32.1. The number of pyridine rings is 1. The molecule has 2 amide bonds. The number of anilines is 1. The Morgan fingerprint density at radius 1 is 0.910 bits per heavy atom. The van der Waals surface area contributed by atoms with Crippen molar-refractivity contribution in [1.29, 1.82) is 5.26 Å². The van der Waals surface area contributed by atoms with E-state index in [2.05, 4.69) is 25.4 Å². The minimum absolute atomic E-state index is 0.00965. The molecule has 21 heteroatoms. The van der Waals surface area contributed by atoms with Crippen LogP contribution in [0.2, 0.25) is 0 Å². The lowest BCUT2D eigenvalue weighted by molar-refractivity contribution is -0.143. The molecule has 0 spiro atoms. The molecular weight excluding hydrogens is 891 g/mol. The Labute approximate surface area is 393 Å².